The molecule has 5 nitrogen and oxygen atoms in total. The van der Waals surface area contributed by atoms with Gasteiger partial charge in [-0.3, -0.25) is 9.69 Å². The molecule has 2 aliphatic heterocycles. The van der Waals surface area contributed by atoms with Gasteiger partial charge in [0.15, 0.2) is 5.76 Å². The Labute approximate surface area is 143 Å². The van der Waals surface area contributed by atoms with E-state index in [-0.39, 0.29) is 11.8 Å². The zero-order chi connectivity index (χ0) is 16.5. The molecule has 2 atom stereocenters. The summed E-state index contributed by atoms with van der Waals surface area (Å²) in [6.45, 7) is 0.590. The van der Waals surface area contributed by atoms with Crippen LogP contribution in [0.3, 0.4) is 0 Å². The molecule has 24 heavy (non-hydrogen) atoms. The summed E-state index contributed by atoms with van der Waals surface area (Å²) in [7, 11) is 0. The van der Waals surface area contributed by atoms with Crippen molar-refractivity contribution in [2.75, 3.05) is 6.54 Å². The van der Waals surface area contributed by atoms with Crippen LogP contribution in [0.5, 0.6) is 0 Å². The van der Waals surface area contributed by atoms with Gasteiger partial charge < -0.3 is 9.25 Å². The molecule has 1 amide bonds. The molecule has 2 unspecified atom stereocenters. The average Bonchev–Trinajstić information content (AvgIpc) is 3.30. The van der Waals surface area contributed by atoms with Gasteiger partial charge in [-0.15, -0.1) is 0 Å². The minimum atomic E-state index is -0.411. The van der Waals surface area contributed by atoms with Crippen molar-refractivity contribution in [2.24, 2.45) is 11.1 Å². The van der Waals surface area contributed by atoms with Gasteiger partial charge in [-0.2, -0.15) is 0 Å². The predicted molar refractivity (Wildman–Crippen MR) is 88.5 cm³/mol. The van der Waals surface area contributed by atoms with Crippen LogP contribution in [0.15, 0.2) is 52.2 Å². The minimum Gasteiger partial charge on any atom is -0.459 e. The quantitative estimate of drug-likeness (QED) is 0.749. The van der Waals surface area contributed by atoms with Crippen molar-refractivity contribution >= 4 is 23.2 Å². The Hall–Kier alpha value is -2.71. The summed E-state index contributed by atoms with van der Waals surface area (Å²) >= 11 is 5.96. The minimum absolute atomic E-state index is 0.00408. The van der Waals surface area contributed by atoms with Crippen LogP contribution in [0.1, 0.15) is 22.5 Å². The maximum Gasteiger partial charge on any atom is 0.292 e. The van der Waals surface area contributed by atoms with Crippen LogP contribution in [-0.2, 0) is 4.84 Å². The summed E-state index contributed by atoms with van der Waals surface area (Å²) in [5, 5.41) is 4.70. The summed E-state index contributed by atoms with van der Waals surface area (Å²) in [5.74, 6) is 6.20. The number of benzene rings is 1. The topological polar surface area (TPSA) is 55.0 Å². The highest BCUT2D eigenvalue weighted by atomic mass is 35.5. The molecule has 2 aromatic rings. The fourth-order valence-electron chi connectivity index (χ4n) is 2.92. The lowest BCUT2D eigenvalue weighted by Crippen LogP contribution is -2.37. The van der Waals surface area contributed by atoms with Gasteiger partial charge in [-0.25, -0.2) is 0 Å². The summed E-state index contributed by atoms with van der Waals surface area (Å²) in [5.41, 5.74) is 1.48. The molecule has 3 heterocycles. The molecule has 120 valence electrons. The molecule has 0 bridgehead atoms. The van der Waals surface area contributed by atoms with E-state index in [2.05, 4.69) is 17.0 Å². The fourth-order valence-corrected chi connectivity index (χ4v) is 3.11. The molecule has 0 spiro atoms. The molecule has 1 saturated heterocycles. The van der Waals surface area contributed by atoms with Gasteiger partial charge in [-0.05, 0) is 42.7 Å². The van der Waals surface area contributed by atoms with E-state index in [4.69, 9.17) is 20.9 Å². The Morgan fingerprint density at radius 2 is 2.21 bits per heavy atom. The number of nitrogens with zero attached hydrogens (tertiary/aromatic N) is 2. The van der Waals surface area contributed by atoms with Crippen molar-refractivity contribution in [3.63, 3.8) is 0 Å². The number of furan rings is 1. The molecule has 0 N–H and O–H groups in total. The number of likely N-dealkylation sites (tertiary alicyclic amines) is 1. The maximum atomic E-state index is 12.4. The third-order valence-electron chi connectivity index (χ3n) is 4.10. The second kappa shape index (κ2) is 6.06. The molecule has 1 aromatic heterocycles. The van der Waals surface area contributed by atoms with E-state index in [1.54, 1.807) is 29.2 Å². The van der Waals surface area contributed by atoms with Crippen LogP contribution >= 0.6 is 11.6 Å². The zero-order valence-corrected chi connectivity index (χ0v) is 13.4. The molecule has 6 heteroatoms. The molecule has 0 aliphatic carbocycles. The van der Waals surface area contributed by atoms with Gasteiger partial charge in [0.2, 0.25) is 6.23 Å². The first-order valence-corrected chi connectivity index (χ1v) is 7.96. The van der Waals surface area contributed by atoms with Crippen LogP contribution < -0.4 is 0 Å². The third kappa shape index (κ3) is 2.66. The van der Waals surface area contributed by atoms with Gasteiger partial charge in [-0.1, -0.05) is 28.7 Å². The first-order valence-electron chi connectivity index (χ1n) is 7.58. The first-order chi connectivity index (χ1) is 11.7. The Balaban J connectivity index is 1.50. The van der Waals surface area contributed by atoms with Crippen molar-refractivity contribution < 1.29 is 14.0 Å². The second-order valence-corrected chi connectivity index (χ2v) is 6.04. The molecular formula is C18H13ClN2O3. The summed E-state index contributed by atoms with van der Waals surface area (Å²) in [6.07, 6.45) is 1.83. The Kier molecular flexibility index (Phi) is 3.75. The highest BCUT2D eigenvalue weighted by Gasteiger charge is 2.46. The first kappa shape index (κ1) is 14.9. The normalized spacial score (nSPS) is 21.5. The number of rotatable bonds is 1. The van der Waals surface area contributed by atoms with Gasteiger partial charge in [0, 0.05) is 17.1 Å². The molecule has 2 aliphatic rings. The molecule has 1 aromatic carbocycles. The lowest BCUT2D eigenvalue weighted by atomic mass is 10.0. The van der Waals surface area contributed by atoms with Gasteiger partial charge in [0.05, 0.1) is 12.2 Å². The lowest BCUT2D eigenvalue weighted by Gasteiger charge is -2.20. The standard InChI is InChI=1S/C18H13ClN2O3/c19-13-4-1-3-12(11-13)6-7-15-14-8-9-21(18(14)24-20-15)17(22)16-5-2-10-23-16/h1-5,10-11,14,18H,8-9H2. The average molecular weight is 341 g/mol. The van der Waals surface area contributed by atoms with E-state index in [1.807, 2.05) is 12.1 Å². The molecular weight excluding hydrogens is 328 g/mol. The summed E-state index contributed by atoms with van der Waals surface area (Å²) in [4.78, 5) is 19.5. The lowest BCUT2D eigenvalue weighted by molar-refractivity contribution is -0.0186. The van der Waals surface area contributed by atoms with Crippen LogP contribution in [0.4, 0.5) is 0 Å². The number of fused-ring (bicyclic) bond motifs is 1. The third-order valence-corrected chi connectivity index (χ3v) is 4.33. The highest BCUT2D eigenvalue weighted by Crippen LogP contribution is 2.32. The number of carbonyl (C=O) groups is 1. The Morgan fingerprint density at radius 1 is 1.29 bits per heavy atom. The highest BCUT2D eigenvalue weighted by molar-refractivity contribution is 6.30. The smallest absolute Gasteiger partial charge is 0.292 e. The van der Waals surface area contributed by atoms with E-state index in [0.717, 1.165) is 12.0 Å². The maximum absolute atomic E-state index is 12.4. The summed E-state index contributed by atoms with van der Waals surface area (Å²) < 4.78 is 5.17. The van der Waals surface area contributed by atoms with Crippen LogP contribution in [-0.4, -0.2) is 29.3 Å². The number of amides is 1. The van der Waals surface area contributed by atoms with E-state index in [0.29, 0.717) is 23.0 Å². The number of carbonyl (C=O) groups excluding carboxylic acids is 1. The van der Waals surface area contributed by atoms with Crippen molar-refractivity contribution in [3.05, 3.63) is 59.0 Å². The largest absolute Gasteiger partial charge is 0.459 e. The van der Waals surface area contributed by atoms with E-state index in [9.17, 15) is 4.79 Å². The Bertz CT molecular complexity index is 864. The Morgan fingerprint density at radius 3 is 3.00 bits per heavy atom. The van der Waals surface area contributed by atoms with Gasteiger partial charge in [0.25, 0.3) is 5.91 Å². The molecule has 0 saturated carbocycles. The van der Waals surface area contributed by atoms with E-state index in [1.165, 1.54) is 6.26 Å². The van der Waals surface area contributed by atoms with Crippen molar-refractivity contribution in [1.29, 1.82) is 0 Å². The van der Waals surface area contributed by atoms with E-state index < -0.39 is 6.23 Å². The molecule has 4 rings (SSSR count). The van der Waals surface area contributed by atoms with Crippen molar-refractivity contribution in [1.82, 2.24) is 4.90 Å². The van der Waals surface area contributed by atoms with Crippen molar-refractivity contribution in [2.45, 2.75) is 12.6 Å². The monoisotopic (exact) mass is 340 g/mol. The SMILES string of the molecule is O=C(c1ccco1)N1CCC2C(C#Cc3cccc(Cl)c3)=NOC21. The fraction of sp³-hybridized carbons (Fsp3) is 0.222. The predicted octanol–water partition coefficient (Wildman–Crippen LogP) is 3.16. The summed E-state index contributed by atoms with van der Waals surface area (Å²) in [6, 6.07) is 10.7. The number of halogens is 1. The van der Waals surface area contributed by atoms with E-state index >= 15 is 0 Å². The number of hydrogen-bond acceptors (Lipinski definition) is 4. The van der Waals surface area contributed by atoms with Gasteiger partial charge in [0.1, 0.15) is 5.71 Å². The zero-order valence-electron chi connectivity index (χ0n) is 12.6. The van der Waals surface area contributed by atoms with Crippen LogP contribution in [0.25, 0.3) is 0 Å². The second-order valence-electron chi connectivity index (χ2n) is 5.60. The molecule has 1 fully saturated rings. The number of hydrogen-bond donors (Lipinski definition) is 0. The van der Waals surface area contributed by atoms with Crippen LogP contribution in [0, 0.1) is 17.8 Å². The van der Waals surface area contributed by atoms with Crippen LogP contribution in [0.2, 0.25) is 5.02 Å². The number of oxime groups is 1. The van der Waals surface area contributed by atoms with Crippen molar-refractivity contribution in [3.8, 4) is 11.8 Å². The van der Waals surface area contributed by atoms with Gasteiger partial charge >= 0.3 is 0 Å². The molecule has 0 radical (unpaired) electrons.